The lowest BCUT2D eigenvalue weighted by molar-refractivity contribution is 0.102. The fraction of sp³-hybridized carbons (Fsp3) is 0.0769. The SMILES string of the molecule is Cc1ccc(NC(=O)c2ccc(Cl)c(Br)c2)nc1. The number of anilines is 1. The van der Waals surface area contributed by atoms with Crippen molar-refractivity contribution < 1.29 is 4.79 Å². The molecule has 0 saturated carbocycles. The van der Waals surface area contributed by atoms with E-state index in [9.17, 15) is 4.79 Å². The van der Waals surface area contributed by atoms with E-state index in [2.05, 4.69) is 26.2 Å². The van der Waals surface area contributed by atoms with Crippen molar-refractivity contribution in [3.8, 4) is 0 Å². The Morgan fingerprint density at radius 2 is 2.11 bits per heavy atom. The first kappa shape index (κ1) is 13.1. The highest BCUT2D eigenvalue weighted by atomic mass is 79.9. The monoisotopic (exact) mass is 324 g/mol. The Kier molecular flexibility index (Phi) is 3.99. The van der Waals surface area contributed by atoms with Crippen LogP contribution in [0.25, 0.3) is 0 Å². The molecule has 1 amide bonds. The molecule has 0 spiro atoms. The number of pyridine rings is 1. The number of rotatable bonds is 2. The van der Waals surface area contributed by atoms with Gasteiger partial charge in [-0.2, -0.15) is 0 Å². The van der Waals surface area contributed by atoms with E-state index in [1.807, 2.05) is 13.0 Å². The molecule has 2 aromatic rings. The molecule has 3 nitrogen and oxygen atoms in total. The average molecular weight is 326 g/mol. The molecule has 0 bridgehead atoms. The minimum Gasteiger partial charge on any atom is -0.307 e. The zero-order valence-electron chi connectivity index (χ0n) is 9.58. The molecule has 18 heavy (non-hydrogen) atoms. The Morgan fingerprint density at radius 3 is 2.72 bits per heavy atom. The topological polar surface area (TPSA) is 42.0 Å². The lowest BCUT2D eigenvalue weighted by Crippen LogP contribution is -2.12. The van der Waals surface area contributed by atoms with E-state index < -0.39 is 0 Å². The molecule has 0 aliphatic carbocycles. The fourth-order valence-electron chi connectivity index (χ4n) is 1.37. The standard InChI is InChI=1S/C13H10BrClN2O/c1-8-2-5-12(16-7-8)17-13(18)9-3-4-11(15)10(14)6-9/h2-7H,1H3,(H,16,17,18). The number of nitrogens with one attached hydrogen (secondary N) is 1. The van der Waals surface area contributed by atoms with Crippen LogP contribution in [0.3, 0.4) is 0 Å². The summed E-state index contributed by atoms with van der Waals surface area (Å²) in [5, 5.41) is 3.29. The minimum atomic E-state index is -0.219. The van der Waals surface area contributed by atoms with Crippen LogP contribution in [0.5, 0.6) is 0 Å². The largest absolute Gasteiger partial charge is 0.307 e. The molecule has 1 aromatic carbocycles. The summed E-state index contributed by atoms with van der Waals surface area (Å²) in [4.78, 5) is 16.1. The smallest absolute Gasteiger partial charge is 0.256 e. The van der Waals surface area contributed by atoms with Crippen molar-refractivity contribution in [1.29, 1.82) is 0 Å². The van der Waals surface area contributed by atoms with Gasteiger partial charge in [0, 0.05) is 16.2 Å². The van der Waals surface area contributed by atoms with Crippen molar-refractivity contribution in [1.82, 2.24) is 4.98 Å². The van der Waals surface area contributed by atoms with Gasteiger partial charge in [-0.1, -0.05) is 17.7 Å². The first-order valence-corrected chi connectivity index (χ1v) is 6.42. The number of carbonyl (C=O) groups excluding carboxylic acids is 1. The van der Waals surface area contributed by atoms with Gasteiger partial charge >= 0.3 is 0 Å². The van der Waals surface area contributed by atoms with Crippen molar-refractivity contribution in [2.75, 3.05) is 5.32 Å². The summed E-state index contributed by atoms with van der Waals surface area (Å²) < 4.78 is 0.689. The normalized spacial score (nSPS) is 10.2. The second kappa shape index (κ2) is 5.50. The van der Waals surface area contributed by atoms with Gasteiger partial charge in [0.1, 0.15) is 5.82 Å². The highest BCUT2D eigenvalue weighted by Gasteiger charge is 2.08. The Morgan fingerprint density at radius 1 is 1.33 bits per heavy atom. The van der Waals surface area contributed by atoms with E-state index in [1.54, 1.807) is 30.5 Å². The van der Waals surface area contributed by atoms with Gasteiger partial charge in [0.2, 0.25) is 0 Å². The molecule has 0 aliphatic heterocycles. The Hall–Kier alpha value is -1.39. The predicted molar refractivity (Wildman–Crippen MR) is 76.1 cm³/mol. The van der Waals surface area contributed by atoms with Crippen LogP contribution in [0.1, 0.15) is 15.9 Å². The summed E-state index contributed by atoms with van der Waals surface area (Å²) in [5.74, 6) is 0.306. The van der Waals surface area contributed by atoms with Crippen molar-refractivity contribution in [2.24, 2.45) is 0 Å². The molecule has 0 unspecified atom stereocenters. The van der Waals surface area contributed by atoms with Crippen LogP contribution >= 0.6 is 27.5 Å². The van der Waals surface area contributed by atoms with Gasteiger partial charge in [-0.05, 0) is 52.7 Å². The maximum Gasteiger partial charge on any atom is 0.256 e. The number of nitrogens with zero attached hydrogens (tertiary/aromatic N) is 1. The Balaban J connectivity index is 2.16. The minimum absolute atomic E-state index is 0.219. The van der Waals surface area contributed by atoms with Gasteiger partial charge in [0.05, 0.1) is 5.02 Å². The molecule has 0 atom stereocenters. The summed E-state index contributed by atoms with van der Waals surface area (Å²) in [6, 6.07) is 8.66. The maximum atomic E-state index is 11.9. The lowest BCUT2D eigenvalue weighted by Gasteiger charge is -2.05. The number of halogens is 2. The number of carbonyl (C=O) groups is 1. The quantitative estimate of drug-likeness (QED) is 0.905. The number of hydrogen-bond donors (Lipinski definition) is 1. The van der Waals surface area contributed by atoms with Gasteiger partial charge in [-0.3, -0.25) is 4.79 Å². The van der Waals surface area contributed by atoms with Crippen LogP contribution in [0.15, 0.2) is 41.0 Å². The third-order valence-electron chi connectivity index (χ3n) is 2.33. The zero-order chi connectivity index (χ0) is 13.1. The molecule has 0 fully saturated rings. The molecule has 5 heteroatoms. The number of aromatic nitrogens is 1. The molecule has 0 radical (unpaired) electrons. The Bertz CT molecular complexity index is 584. The summed E-state index contributed by atoms with van der Waals surface area (Å²) in [6.07, 6.45) is 1.70. The van der Waals surface area contributed by atoms with Crippen molar-refractivity contribution in [2.45, 2.75) is 6.92 Å². The van der Waals surface area contributed by atoms with Gasteiger partial charge in [-0.15, -0.1) is 0 Å². The highest BCUT2D eigenvalue weighted by molar-refractivity contribution is 9.10. The molecule has 1 N–H and O–H groups in total. The van der Waals surface area contributed by atoms with Crippen LogP contribution < -0.4 is 5.32 Å². The molecular formula is C13H10BrClN2O. The molecule has 1 aromatic heterocycles. The van der Waals surface area contributed by atoms with Gasteiger partial charge < -0.3 is 5.32 Å². The van der Waals surface area contributed by atoms with Crippen molar-refractivity contribution >= 4 is 39.3 Å². The molecule has 0 saturated heterocycles. The summed E-state index contributed by atoms with van der Waals surface area (Å²) >= 11 is 9.15. The number of hydrogen-bond acceptors (Lipinski definition) is 2. The third kappa shape index (κ3) is 3.09. The molecule has 92 valence electrons. The Labute approximate surface area is 118 Å². The van der Waals surface area contributed by atoms with E-state index in [-0.39, 0.29) is 5.91 Å². The van der Waals surface area contributed by atoms with E-state index in [0.717, 1.165) is 5.56 Å². The predicted octanol–water partition coefficient (Wildman–Crippen LogP) is 4.06. The van der Waals surface area contributed by atoms with E-state index in [4.69, 9.17) is 11.6 Å². The third-order valence-corrected chi connectivity index (χ3v) is 3.55. The second-order valence-electron chi connectivity index (χ2n) is 3.80. The molecule has 0 aliphatic rings. The highest BCUT2D eigenvalue weighted by Crippen LogP contribution is 2.23. The van der Waals surface area contributed by atoms with Crippen LogP contribution in [0.4, 0.5) is 5.82 Å². The molecule has 1 heterocycles. The van der Waals surface area contributed by atoms with Gasteiger partial charge in [-0.25, -0.2) is 4.98 Å². The number of aryl methyl sites for hydroxylation is 1. The summed E-state index contributed by atoms with van der Waals surface area (Å²) in [7, 11) is 0. The zero-order valence-corrected chi connectivity index (χ0v) is 11.9. The maximum absolute atomic E-state index is 11.9. The molecular weight excluding hydrogens is 316 g/mol. The van der Waals surface area contributed by atoms with Gasteiger partial charge in [0.15, 0.2) is 0 Å². The van der Waals surface area contributed by atoms with Crippen LogP contribution in [0.2, 0.25) is 5.02 Å². The fourth-order valence-corrected chi connectivity index (χ4v) is 1.86. The van der Waals surface area contributed by atoms with Crippen LogP contribution in [0, 0.1) is 6.92 Å². The summed E-state index contributed by atoms with van der Waals surface area (Å²) in [5.41, 5.74) is 1.57. The van der Waals surface area contributed by atoms with Gasteiger partial charge in [0.25, 0.3) is 5.91 Å². The summed E-state index contributed by atoms with van der Waals surface area (Å²) in [6.45, 7) is 1.94. The number of amides is 1. The lowest BCUT2D eigenvalue weighted by atomic mass is 10.2. The van der Waals surface area contributed by atoms with Crippen LogP contribution in [-0.2, 0) is 0 Å². The molecule has 2 rings (SSSR count). The second-order valence-corrected chi connectivity index (χ2v) is 5.07. The van der Waals surface area contributed by atoms with E-state index in [1.165, 1.54) is 0 Å². The average Bonchev–Trinajstić information content (AvgIpc) is 2.35. The van der Waals surface area contributed by atoms with Crippen LogP contribution in [-0.4, -0.2) is 10.9 Å². The van der Waals surface area contributed by atoms with E-state index >= 15 is 0 Å². The number of benzene rings is 1. The van der Waals surface area contributed by atoms with E-state index in [0.29, 0.717) is 20.9 Å². The first-order chi connectivity index (χ1) is 8.56. The van der Waals surface area contributed by atoms with Crippen molar-refractivity contribution in [3.05, 3.63) is 57.2 Å². The first-order valence-electron chi connectivity index (χ1n) is 5.25. The van der Waals surface area contributed by atoms with Crippen molar-refractivity contribution in [3.63, 3.8) is 0 Å².